The van der Waals surface area contributed by atoms with E-state index in [4.69, 9.17) is 25.7 Å². The average molecular weight is 490 g/mol. The maximum atomic E-state index is 13.6. The minimum absolute atomic E-state index is 0.199. The van der Waals surface area contributed by atoms with Crippen LogP contribution < -0.4 is 10.3 Å². The highest BCUT2D eigenvalue weighted by atomic mass is 35.5. The number of benzene rings is 3. The van der Waals surface area contributed by atoms with Crippen molar-refractivity contribution in [2.24, 2.45) is 0 Å². The smallest absolute Gasteiger partial charge is 0.266 e. The molecule has 2 heterocycles. The molecule has 34 heavy (non-hydrogen) atoms. The van der Waals surface area contributed by atoms with Gasteiger partial charge in [-0.25, -0.2) is 9.97 Å². The van der Waals surface area contributed by atoms with Crippen molar-refractivity contribution in [2.45, 2.75) is 17.8 Å². The monoisotopic (exact) mass is 489 g/mol. The second-order valence-corrected chi connectivity index (χ2v) is 8.92. The Morgan fingerprint density at radius 1 is 1.03 bits per heavy atom. The maximum Gasteiger partial charge on any atom is 0.266 e. The van der Waals surface area contributed by atoms with Crippen LogP contribution in [0, 0.1) is 6.92 Å². The summed E-state index contributed by atoms with van der Waals surface area (Å²) in [5.41, 5.74) is 2.65. The molecule has 6 nitrogen and oxygen atoms in total. The number of aryl methyl sites for hydroxylation is 1. The fraction of sp³-hybridized carbons (Fsp3) is 0.115. The van der Waals surface area contributed by atoms with Crippen molar-refractivity contribution < 1.29 is 9.15 Å². The molecule has 0 saturated carbocycles. The third-order valence-electron chi connectivity index (χ3n) is 5.38. The van der Waals surface area contributed by atoms with E-state index < -0.39 is 0 Å². The Morgan fingerprint density at radius 3 is 2.59 bits per heavy atom. The molecule has 5 aromatic rings. The molecule has 0 atom stereocenters. The predicted octanol–water partition coefficient (Wildman–Crippen LogP) is 6.30. The summed E-state index contributed by atoms with van der Waals surface area (Å²) >= 11 is 7.59. The van der Waals surface area contributed by atoms with Gasteiger partial charge in [0, 0.05) is 16.3 Å². The number of para-hydroxylation sites is 2. The molecule has 3 aromatic carbocycles. The van der Waals surface area contributed by atoms with Gasteiger partial charge in [0.15, 0.2) is 5.16 Å². The summed E-state index contributed by atoms with van der Waals surface area (Å²) < 4.78 is 13.0. The van der Waals surface area contributed by atoms with E-state index in [1.807, 2.05) is 61.5 Å². The van der Waals surface area contributed by atoms with E-state index in [0.717, 1.165) is 17.0 Å². The number of nitrogens with zero attached hydrogens (tertiary/aromatic N) is 3. The predicted molar refractivity (Wildman–Crippen MR) is 135 cm³/mol. The molecule has 0 amide bonds. The lowest BCUT2D eigenvalue weighted by Crippen LogP contribution is -2.22. The van der Waals surface area contributed by atoms with Crippen LogP contribution in [0.15, 0.2) is 87.2 Å². The van der Waals surface area contributed by atoms with Crippen LogP contribution in [-0.2, 0) is 5.75 Å². The number of hydrogen-bond donors (Lipinski definition) is 0. The third kappa shape index (κ3) is 4.20. The molecule has 0 aliphatic carbocycles. The number of thioether (sulfide) groups is 1. The van der Waals surface area contributed by atoms with Gasteiger partial charge in [0.1, 0.15) is 11.5 Å². The van der Waals surface area contributed by atoms with Gasteiger partial charge in [0.05, 0.1) is 29.4 Å². The molecule has 0 aliphatic heterocycles. The lowest BCUT2D eigenvalue weighted by atomic mass is 10.2. The number of methoxy groups -OCH3 is 1. The molecule has 0 N–H and O–H groups in total. The first-order chi connectivity index (χ1) is 16.5. The van der Waals surface area contributed by atoms with Crippen LogP contribution in [-0.4, -0.2) is 21.6 Å². The van der Waals surface area contributed by atoms with Crippen molar-refractivity contribution >= 4 is 34.3 Å². The largest absolute Gasteiger partial charge is 0.495 e. The third-order valence-corrected chi connectivity index (χ3v) is 6.56. The number of hydrogen-bond acceptors (Lipinski definition) is 6. The Morgan fingerprint density at radius 2 is 1.79 bits per heavy atom. The van der Waals surface area contributed by atoms with Crippen molar-refractivity contribution in [3.05, 3.63) is 99.6 Å². The van der Waals surface area contributed by atoms with Crippen molar-refractivity contribution in [3.8, 4) is 22.9 Å². The van der Waals surface area contributed by atoms with Crippen molar-refractivity contribution in [1.29, 1.82) is 0 Å². The molecule has 170 valence electrons. The Bertz CT molecular complexity index is 1550. The highest BCUT2D eigenvalue weighted by Crippen LogP contribution is 2.31. The highest BCUT2D eigenvalue weighted by Gasteiger charge is 2.18. The molecule has 0 radical (unpaired) electrons. The summed E-state index contributed by atoms with van der Waals surface area (Å²) in [6.45, 7) is 1.89. The van der Waals surface area contributed by atoms with Gasteiger partial charge in [-0.05, 0) is 49.4 Å². The average Bonchev–Trinajstić information content (AvgIpc) is 3.23. The van der Waals surface area contributed by atoms with E-state index in [2.05, 4.69) is 4.98 Å². The molecule has 0 aliphatic rings. The van der Waals surface area contributed by atoms with Crippen LogP contribution in [0.5, 0.6) is 5.75 Å². The van der Waals surface area contributed by atoms with E-state index in [-0.39, 0.29) is 5.56 Å². The number of aromatic nitrogens is 3. The zero-order valence-corrected chi connectivity index (χ0v) is 20.1. The van der Waals surface area contributed by atoms with E-state index in [9.17, 15) is 4.79 Å². The Hall–Kier alpha value is -3.55. The fourth-order valence-corrected chi connectivity index (χ4v) is 4.83. The molecule has 0 spiro atoms. The zero-order chi connectivity index (χ0) is 23.7. The summed E-state index contributed by atoms with van der Waals surface area (Å²) in [6, 6.07) is 22.2. The van der Waals surface area contributed by atoms with Crippen LogP contribution in [0.4, 0.5) is 0 Å². The van der Waals surface area contributed by atoms with Gasteiger partial charge in [-0.15, -0.1) is 0 Å². The molecule has 0 fully saturated rings. The molecular formula is C26H20ClN3O3S. The van der Waals surface area contributed by atoms with Crippen LogP contribution in [0.25, 0.3) is 28.0 Å². The van der Waals surface area contributed by atoms with Gasteiger partial charge in [-0.1, -0.05) is 53.7 Å². The lowest BCUT2D eigenvalue weighted by molar-refractivity contribution is 0.411. The van der Waals surface area contributed by atoms with Crippen LogP contribution in [0.1, 0.15) is 11.5 Å². The number of rotatable bonds is 6. The molecule has 0 unspecified atom stereocenters. The van der Waals surface area contributed by atoms with Crippen LogP contribution >= 0.6 is 23.4 Å². The van der Waals surface area contributed by atoms with Gasteiger partial charge >= 0.3 is 0 Å². The second kappa shape index (κ2) is 9.37. The van der Waals surface area contributed by atoms with Crippen LogP contribution in [0.3, 0.4) is 0 Å². The molecule has 0 saturated heterocycles. The minimum atomic E-state index is -0.199. The van der Waals surface area contributed by atoms with Crippen LogP contribution in [0.2, 0.25) is 5.02 Å². The van der Waals surface area contributed by atoms with Gasteiger partial charge in [0.2, 0.25) is 5.89 Å². The van der Waals surface area contributed by atoms with Gasteiger partial charge < -0.3 is 9.15 Å². The quantitative estimate of drug-likeness (QED) is 0.206. The topological polar surface area (TPSA) is 70.2 Å². The Balaban J connectivity index is 1.59. The van der Waals surface area contributed by atoms with Crippen molar-refractivity contribution in [2.75, 3.05) is 7.11 Å². The number of halogens is 1. The van der Waals surface area contributed by atoms with E-state index in [1.165, 1.54) is 11.8 Å². The lowest BCUT2D eigenvalue weighted by Gasteiger charge is -2.15. The standard InChI is InChI=1S/C26H20ClN3O3S/c1-16-21(28-24(33-16)17-8-4-3-5-9-17)15-34-26-29-20-14-18(27)12-13-19(20)25(31)30(26)22-10-6-7-11-23(22)32-2/h3-14H,15H2,1-2H3. The summed E-state index contributed by atoms with van der Waals surface area (Å²) in [4.78, 5) is 23.0. The molecule has 5 rings (SSSR count). The summed E-state index contributed by atoms with van der Waals surface area (Å²) in [5, 5.41) is 1.50. The van der Waals surface area contributed by atoms with Gasteiger partial charge in [-0.2, -0.15) is 0 Å². The first-order valence-electron chi connectivity index (χ1n) is 10.6. The zero-order valence-electron chi connectivity index (χ0n) is 18.5. The van der Waals surface area contributed by atoms with E-state index >= 15 is 0 Å². The number of oxazole rings is 1. The van der Waals surface area contributed by atoms with E-state index in [1.54, 1.807) is 29.9 Å². The second-order valence-electron chi connectivity index (χ2n) is 7.54. The number of ether oxygens (including phenoxy) is 1. The van der Waals surface area contributed by atoms with Gasteiger partial charge in [0.25, 0.3) is 5.56 Å². The molecule has 0 bridgehead atoms. The fourth-order valence-electron chi connectivity index (χ4n) is 3.66. The number of fused-ring (bicyclic) bond motifs is 1. The molecular weight excluding hydrogens is 470 g/mol. The summed E-state index contributed by atoms with van der Waals surface area (Å²) in [7, 11) is 1.58. The minimum Gasteiger partial charge on any atom is -0.495 e. The molecule has 8 heteroatoms. The van der Waals surface area contributed by atoms with Crippen molar-refractivity contribution in [1.82, 2.24) is 14.5 Å². The first kappa shape index (κ1) is 22.3. The van der Waals surface area contributed by atoms with E-state index in [0.29, 0.717) is 44.2 Å². The highest BCUT2D eigenvalue weighted by molar-refractivity contribution is 7.98. The van der Waals surface area contributed by atoms with Crippen molar-refractivity contribution in [3.63, 3.8) is 0 Å². The summed E-state index contributed by atoms with van der Waals surface area (Å²) in [5.74, 6) is 2.33. The van der Waals surface area contributed by atoms with Gasteiger partial charge in [-0.3, -0.25) is 9.36 Å². The summed E-state index contributed by atoms with van der Waals surface area (Å²) in [6.07, 6.45) is 0. The Kier molecular flexibility index (Phi) is 6.13. The Labute approximate surface area is 205 Å². The molecule has 2 aromatic heterocycles. The SMILES string of the molecule is COc1ccccc1-n1c(SCc2nc(-c3ccccc3)oc2C)nc2cc(Cl)ccc2c1=O. The normalized spacial score (nSPS) is 11.1. The maximum absolute atomic E-state index is 13.6. The first-order valence-corrected chi connectivity index (χ1v) is 11.9.